The highest BCUT2D eigenvalue weighted by Gasteiger charge is 2.22. The van der Waals surface area contributed by atoms with Crippen molar-refractivity contribution in [3.63, 3.8) is 0 Å². The Morgan fingerprint density at radius 2 is 2.06 bits per heavy atom. The van der Waals surface area contributed by atoms with E-state index in [1.54, 1.807) is 24.1 Å². The van der Waals surface area contributed by atoms with Crippen molar-refractivity contribution in [2.24, 2.45) is 11.7 Å². The predicted molar refractivity (Wildman–Crippen MR) is 63.0 cm³/mol. The van der Waals surface area contributed by atoms with E-state index in [1.807, 2.05) is 6.92 Å². The fraction of sp³-hybridized carbons (Fsp3) is 0.583. The van der Waals surface area contributed by atoms with E-state index >= 15 is 0 Å². The summed E-state index contributed by atoms with van der Waals surface area (Å²) in [6.07, 6.45) is 0. The van der Waals surface area contributed by atoms with E-state index in [4.69, 9.17) is 10.2 Å². The maximum atomic E-state index is 12.0. The topological polar surface area (TPSA) is 59.5 Å². The highest BCUT2D eigenvalue weighted by atomic mass is 16.4. The van der Waals surface area contributed by atoms with Crippen molar-refractivity contribution < 1.29 is 9.21 Å². The first-order valence-corrected chi connectivity index (χ1v) is 5.53. The standard InChI is InChI=1S/C12H20N2O2/c1-8(2)9(3)14(4)12(15)11-6-5-10(7-13)16-11/h5-6,8-9H,7,13H2,1-4H3. The van der Waals surface area contributed by atoms with E-state index in [9.17, 15) is 4.79 Å². The number of carbonyl (C=O) groups excluding carboxylic acids is 1. The van der Waals surface area contributed by atoms with Crippen molar-refractivity contribution in [2.75, 3.05) is 7.05 Å². The minimum absolute atomic E-state index is 0.0964. The highest BCUT2D eigenvalue weighted by Crippen LogP contribution is 2.14. The Kier molecular flexibility index (Phi) is 4.12. The van der Waals surface area contributed by atoms with Gasteiger partial charge in [0.25, 0.3) is 5.91 Å². The molecule has 2 N–H and O–H groups in total. The van der Waals surface area contributed by atoms with Gasteiger partial charge in [-0.3, -0.25) is 4.79 Å². The van der Waals surface area contributed by atoms with Crippen LogP contribution in [0, 0.1) is 5.92 Å². The van der Waals surface area contributed by atoms with Crippen LogP contribution in [0.2, 0.25) is 0 Å². The van der Waals surface area contributed by atoms with Gasteiger partial charge in [-0.25, -0.2) is 0 Å². The fourth-order valence-electron chi connectivity index (χ4n) is 1.41. The van der Waals surface area contributed by atoms with E-state index in [1.165, 1.54) is 0 Å². The molecule has 0 bridgehead atoms. The van der Waals surface area contributed by atoms with Crippen molar-refractivity contribution in [2.45, 2.75) is 33.4 Å². The monoisotopic (exact) mass is 224 g/mol. The minimum Gasteiger partial charge on any atom is -0.455 e. The van der Waals surface area contributed by atoms with Crippen molar-refractivity contribution in [3.05, 3.63) is 23.7 Å². The molecule has 0 aliphatic heterocycles. The Bertz CT molecular complexity index is 358. The molecule has 1 aromatic heterocycles. The molecular formula is C12H20N2O2. The van der Waals surface area contributed by atoms with E-state index in [0.29, 0.717) is 24.0 Å². The molecule has 0 saturated heterocycles. The molecule has 1 unspecified atom stereocenters. The number of amides is 1. The van der Waals surface area contributed by atoms with Crippen molar-refractivity contribution >= 4 is 5.91 Å². The van der Waals surface area contributed by atoms with E-state index in [-0.39, 0.29) is 11.9 Å². The summed E-state index contributed by atoms with van der Waals surface area (Å²) in [6, 6.07) is 3.59. The number of carbonyl (C=O) groups is 1. The first-order chi connectivity index (χ1) is 7.47. The number of rotatable bonds is 4. The van der Waals surface area contributed by atoms with Crippen LogP contribution < -0.4 is 5.73 Å². The molecule has 90 valence electrons. The second-order valence-corrected chi connectivity index (χ2v) is 4.37. The zero-order chi connectivity index (χ0) is 12.3. The molecule has 16 heavy (non-hydrogen) atoms. The molecule has 1 heterocycles. The van der Waals surface area contributed by atoms with Gasteiger partial charge < -0.3 is 15.1 Å². The Morgan fingerprint density at radius 1 is 1.44 bits per heavy atom. The van der Waals surface area contributed by atoms with Crippen LogP contribution >= 0.6 is 0 Å². The average Bonchev–Trinajstić information content (AvgIpc) is 2.74. The summed E-state index contributed by atoms with van der Waals surface area (Å²) in [4.78, 5) is 13.7. The molecule has 4 heteroatoms. The maximum Gasteiger partial charge on any atom is 0.289 e. The lowest BCUT2D eigenvalue weighted by molar-refractivity contribution is 0.0673. The second-order valence-electron chi connectivity index (χ2n) is 4.37. The van der Waals surface area contributed by atoms with Crippen LogP contribution in [0.4, 0.5) is 0 Å². The zero-order valence-corrected chi connectivity index (χ0v) is 10.4. The lowest BCUT2D eigenvalue weighted by Gasteiger charge is -2.27. The van der Waals surface area contributed by atoms with Crippen LogP contribution in [0.3, 0.4) is 0 Å². The third-order valence-electron chi connectivity index (χ3n) is 2.97. The van der Waals surface area contributed by atoms with Gasteiger partial charge >= 0.3 is 0 Å². The van der Waals surface area contributed by atoms with Crippen LogP contribution in [0.25, 0.3) is 0 Å². The molecule has 1 atom stereocenters. The van der Waals surface area contributed by atoms with E-state index in [0.717, 1.165) is 0 Å². The van der Waals surface area contributed by atoms with E-state index in [2.05, 4.69) is 13.8 Å². The Labute approximate surface area is 96.4 Å². The van der Waals surface area contributed by atoms with Crippen LogP contribution in [0.1, 0.15) is 37.1 Å². The first-order valence-electron chi connectivity index (χ1n) is 5.53. The van der Waals surface area contributed by atoms with E-state index < -0.39 is 0 Å². The normalized spacial score (nSPS) is 12.9. The van der Waals surface area contributed by atoms with Crippen LogP contribution in [0.15, 0.2) is 16.5 Å². The molecule has 0 aliphatic rings. The van der Waals surface area contributed by atoms with Crippen LogP contribution in [-0.2, 0) is 6.54 Å². The summed E-state index contributed by atoms with van der Waals surface area (Å²) < 4.78 is 5.33. The van der Waals surface area contributed by atoms with Crippen LogP contribution in [0.5, 0.6) is 0 Å². The molecule has 0 aromatic carbocycles. The van der Waals surface area contributed by atoms with Crippen LogP contribution in [-0.4, -0.2) is 23.9 Å². The number of nitrogens with zero attached hydrogens (tertiary/aromatic N) is 1. The average molecular weight is 224 g/mol. The highest BCUT2D eigenvalue weighted by molar-refractivity contribution is 5.91. The summed E-state index contributed by atoms with van der Waals surface area (Å²) in [7, 11) is 1.79. The molecular weight excluding hydrogens is 204 g/mol. The minimum atomic E-state index is -0.0964. The van der Waals surface area contributed by atoms with Gasteiger partial charge in [0.05, 0.1) is 6.54 Å². The summed E-state index contributed by atoms with van der Waals surface area (Å²) in [5.41, 5.74) is 5.43. The predicted octanol–water partition coefficient (Wildman–Crippen LogP) is 1.85. The molecule has 1 aromatic rings. The van der Waals surface area contributed by atoms with Gasteiger partial charge in [-0.1, -0.05) is 13.8 Å². The zero-order valence-electron chi connectivity index (χ0n) is 10.4. The smallest absolute Gasteiger partial charge is 0.289 e. The van der Waals surface area contributed by atoms with Crippen molar-refractivity contribution in [3.8, 4) is 0 Å². The quantitative estimate of drug-likeness (QED) is 0.849. The molecule has 1 amide bonds. The summed E-state index contributed by atoms with van der Waals surface area (Å²) in [5.74, 6) is 1.31. The SMILES string of the molecule is CC(C)C(C)N(C)C(=O)c1ccc(CN)o1. The summed E-state index contributed by atoms with van der Waals surface area (Å²) in [5, 5.41) is 0. The fourth-order valence-corrected chi connectivity index (χ4v) is 1.41. The lowest BCUT2D eigenvalue weighted by atomic mass is 10.1. The van der Waals surface area contributed by atoms with Gasteiger partial charge in [-0.05, 0) is 25.0 Å². The van der Waals surface area contributed by atoms with Gasteiger partial charge in [0.15, 0.2) is 5.76 Å². The molecule has 0 radical (unpaired) electrons. The third-order valence-corrected chi connectivity index (χ3v) is 2.97. The molecule has 1 rings (SSSR count). The van der Waals surface area contributed by atoms with Gasteiger partial charge in [-0.15, -0.1) is 0 Å². The van der Waals surface area contributed by atoms with Crippen molar-refractivity contribution in [1.29, 1.82) is 0 Å². The van der Waals surface area contributed by atoms with Crippen molar-refractivity contribution in [1.82, 2.24) is 4.90 Å². The molecule has 0 saturated carbocycles. The first kappa shape index (κ1) is 12.8. The Balaban J connectivity index is 2.77. The molecule has 0 aliphatic carbocycles. The van der Waals surface area contributed by atoms with Gasteiger partial charge in [0.1, 0.15) is 5.76 Å². The molecule has 4 nitrogen and oxygen atoms in total. The molecule has 0 spiro atoms. The number of nitrogens with two attached hydrogens (primary N) is 1. The van der Waals surface area contributed by atoms with Gasteiger partial charge in [0.2, 0.25) is 0 Å². The summed E-state index contributed by atoms with van der Waals surface area (Å²) in [6.45, 7) is 6.51. The van der Waals surface area contributed by atoms with Gasteiger partial charge in [-0.2, -0.15) is 0 Å². The lowest BCUT2D eigenvalue weighted by Crippen LogP contribution is -2.38. The largest absolute Gasteiger partial charge is 0.455 e. The maximum absolute atomic E-state index is 12.0. The molecule has 0 fully saturated rings. The Morgan fingerprint density at radius 3 is 2.50 bits per heavy atom. The number of furan rings is 1. The Hall–Kier alpha value is -1.29. The third kappa shape index (κ3) is 2.64. The number of hydrogen-bond acceptors (Lipinski definition) is 3. The number of hydrogen-bond donors (Lipinski definition) is 1. The second kappa shape index (κ2) is 5.16. The summed E-state index contributed by atoms with van der Waals surface area (Å²) >= 11 is 0. The van der Waals surface area contributed by atoms with Gasteiger partial charge in [0, 0.05) is 13.1 Å².